The molecular formula is C15H21F3N2. The number of rotatable bonds is 4. The largest absolute Gasteiger partial charge is 0.416 e. The van der Waals surface area contributed by atoms with Crippen LogP contribution in [0.15, 0.2) is 24.3 Å². The summed E-state index contributed by atoms with van der Waals surface area (Å²) in [6.45, 7) is 4.33. The van der Waals surface area contributed by atoms with Gasteiger partial charge < -0.3 is 5.73 Å². The number of benzene rings is 1. The molecule has 1 saturated heterocycles. The number of halogens is 3. The molecule has 1 aromatic carbocycles. The monoisotopic (exact) mass is 286 g/mol. The first kappa shape index (κ1) is 15.3. The Kier molecular flexibility index (Phi) is 4.70. The van der Waals surface area contributed by atoms with Gasteiger partial charge in [-0.05, 0) is 36.6 Å². The van der Waals surface area contributed by atoms with E-state index in [0.29, 0.717) is 18.0 Å². The molecule has 0 amide bonds. The Bertz CT molecular complexity index is 445. The fourth-order valence-corrected chi connectivity index (χ4v) is 2.90. The highest BCUT2D eigenvalue weighted by molar-refractivity contribution is 5.28. The second kappa shape index (κ2) is 6.14. The fourth-order valence-electron chi connectivity index (χ4n) is 2.90. The van der Waals surface area contributed by atoms with Gasteiger partial charge in [-0.1, -0.05) is 25.5 Å². The number of alkyl halides is 3. The summed E-state index contributed by atoms with van der Waals surface area (Å²) in [4.78, 5) is 2.21. The Hall–Kier alpha value is -1.07. The topological polar surface area (TPSA) is 29.3 Å². The van der Waals surface area contributed by atoms with E-state index in [9.17, 15) is 13.2 Å². The Balaban J connectivity index is 2.20. The summed E-state index contributed by atoms with van der Waals surface area (Å²) in [5, 5.41) is 0. The van der Waals surface area contributed by atoms with Crippen molar-refractivity contribution in [3.63, 3.8) is 0 Å². The van der Waals surface area contributed by atoms with E-state index in [1.165, 1.54) is 12.1 Å². The smallest absolute Gasteiger partial charge is 0.329 e. The van der Waals surface area contributed by atoms with Gasteiger partial charge in [0.25, 0.3) is 0 Å². The first-order chi connectivity index (χ1) is 9.45. The Morgan fingerprint density at radius 2 is 2.15 bits per heavy atom. The molecule has 5 heteroatoms. The predicted octanol–water partition coefficient (Wildman–Crippen LogP) is 3.44. The first-order valence-electron chi connectivity index (χ1n) is 7.07. The van der Waals surface area contributed by atoms with Crippen LogP contribution in [0.5, 0.6) is 0 Å². The minimum absolute atomic E-state index is 0.117. The number of nitrogens with two attached hydrogens (primary N) is 1. The van der Waals surface area contributed by atoms with E-state index in [2.05, 4.69) is 11.8 Å². The lowest BCUT2D eigenvalue weighted by Gasteiger charge is -2.27. The SMILES string of the molecule is CCC1CCN(C(CN)c2cccc(C(F)(F)F)c2)C1. The zero-order valence-electron chi connectivity index (χ0n) is 11.7. The van der Waals surface area contributed by atoms with Crippen molar-refractivity contribution in [1.82, 2.24) is 4.90 Å². The quantitative estimate of drug-likeness (QED) is 0.918. The van der Waals surface area contributed by atoms with Crippen LogP contribution in [-0.2, 0) is 6.18 Å². The molecule has 0 aliphatic carbocycles. The fraction of sp³-hybridized carbons (Fsp3) is 0.600. The van der Waals surface area contributed by atoms with Crippen LogP contribution >= 0.6 is 0 Å². The van der Waals surface area contributed by atoms with Crippen molar-refractivity contribution in [2.45, 2.75) is 32.0 Å². The molecule has 2 atom stereocenters. The summed E-state index contributed by atoms with van der Waals surface area (Å²) in [5.74, 6) is 0.634. The van der Waals surface area contributed by atoms with Gasteiger partial charge in [0.15, 0.2) is 0 Å². The maximum atomic E-state index is 12.8. The van der Waals surface area contributed by atoms with Gasteiger partial charge in [0.1, 0.15) is 0 Å². The third kappa shape index (κ3) is 3.33. The zero-order valence-corrected chi connectivity index (χ0v) is 11.7. The van der Waals surface area contributed by atoms with Crippen molar-refractivity contribution in [2.24, 2.45) is 11.7 Å². The van der Waals surface area contributed by atoms with Crippen molar-refractivity contribution in [3.05, 3.63) is 35.4 Å². The highest BCUT2D eigenvalue weighted by Gasteiger charge is 2.32. The van der Waals surface area contributed by atoms with Crippen LogP contribution in [0, 0.1) is 5.92 Å². The molecule has 1 aliphatic heterocycles. The maximum Gasteiger partial charge on any atom is 0.416 e. The molecule has 0 saturated carbocycles. The van der Waals surface area contributed by atoms with Gasteiger partial charge in [0.05, 0.1) is 5.56 Å². The molecule has 112 valence electrons. The molecule has 2 unspecified atom stereocenters. The van der Waals surface area contributed by atoms with E-state index < -0.39 is 11.7 Å². The van der Waals surface area contributed by atoms with E-state index in [-0.39, 0.29) is 6.04 Å². The van der Waals surface area contributed by atoms with E-state index >= 15 is 0 Å². The molecule has 0 spiro atoms. The van der Waals surface area contributed by atoms with Crippen molar-refractivity contribution in [1.29, 1.82) is 0 Å². The van der Waals surface area contributed by atoms with Crippen molar-refractivity contribution >= 4 is 0 Å². The second-order valence-corrected chi connectivity index (χ2v) is 5.43. The number of hydrogen-bond acceptors (Lipinski definition) is 2. The molecule has 2 N–H and O–H groups in total. The maximum absolute atomic E-state index is 12.8. The van der Waals surface area contributed by atoms with Crippen molar-refractivity contribution in [3.8, 4) is 0 Å². The minimum Gasteiger partial charge on any atom is -0.329 e. The average Bonchev–Trinajstić information content (AvgIpc) is 2.88. The van der Waals surface area contributed by atoms with Crippen LogP contribution in [0.1, 0.15) is 36.9 Å². The first-order valence-corrected chi connectivity index (χ1v) is 7.07. The number of hydrogen-bond donors (Lipinski definition) is 1. The van der Waals surface area contributed by atoms with Crippen LogP contribution in [0.25, 0.3) is 0 Å². The summed E-state index contributed by atoms with van der Waals surface area (Å²) < 4.78 is 38.4. The van der Waals surface area contributed by atoms with Crippen LogP contribution in [0.2, 0.25) is 0 Å². The van der Waals surface area contributed by atoms with Gasteiger partial charge in [-0.15, -0.1) is 0 Å². The van der Waals surface area contributed by atoms with Gasteiger partial charge in [-0.3, -0.25) is 4.90 Å². The second-order valence-electron chi connectivity index (χ2n) is 5.43. The van der Waals surface area contributed by atoms with Gasteiger partial charge in [-0.2, -0.15) is 13.2 Å². The van der Waals surface area contributed by atoms with Crippen molar-refractivity contribution in [2.75, 3.05) is 19.6 Å². The van der Waals surface area contributed by atoms with Crippen LogP contribution < -0.4 is 5.73 Å². The highest BCUT2D eigenvalue weighted by Crippen LogP contribution is 2.33. The van der Waals surface area contributed by atoms with Crippen molar-refractivity contribution < 1.29 is 13.2 Å². The Labute approximate surface area is 117 Å². The molecule has 0 radical (unpaired) electrons. The molecule has 0 bridgehead atoms. The summed E-state index contributed by atoms with van der Waals surface area (Å²) in [6, 6.07) is 5.43. The molecule has 1 fully saturated rings. The summed E-state index contributed by atoms with van der Waals surface area (Å²) in [5.41, 5.74) is 5.88. The molecular weight excluding hydrogens is 265 g/mol. The molecule has 1 aromatic rings. The van der Waals surface area contributed by atoms with E-state index in [1.54, 1.807) is 6.07 Å². The van der Waals surface area contributed by atoms with Crippen LogP contribution in [0.3, 0.4) is 0 Å². The van der Waals surface area contributed by atoms with Crippen LogP contribution in [-0.4, -0.2) is 24.5 Å². The lowest BCUT2D eigenvalue weighted by molar-refractivity contribution is -0.137. The zero-order chi connectivity index (χ0) is 14.8. The van der Waals surface area contributed by atoms with Gasteiger partial charge in [-0.25, -0.2) is 0 Å². The molecule has 1 aliphatic rings. The predicted molar refractivity (Wildman–Crippen MR) is 73.2 cm³/mol. The van der Waals surface area contributed by atoms with Gasteiger partial charge in [0, 0.05) is 19.1 Å². The van der Waals surface area contributed by atoms with Crippen LogP contribution in [0.4, 0.5) is 13.2 Å². The summed E-state index contributed by atoms with van der Waals surface area (Å²) in [7, 11) is 0. The summed E-state index contributed by atoms with van der Waals surface area (Å²) in [6.07, 6.45) is -2.09. The molecule has 0 aromatic heterocycles. The highest BCUT2D eigenvalue weighted by atomic mass is 19.4. The van der Waals surface area contributed by atoms with E-state index in [0.717, 1.165) is 32.0 Å². The van der Waals surface area contributed by atoms with E-state index in [4.69, 9.17) is 5.73 Å². The average molecular weight is 286 g/mol. The van der Waals surface area contributed by atoms with E-state index in [1.807, 2.05) is 0 Å². The molecule has 20 heavy (non-hydrogen) atoms. The Morgan fingerprint density at radius 1 is 1.40 bits per heavy atom. The molecule has 1 heterocycles. The standard InChI is InChI=1S/C15H21F3N2/c1-2-11-6-7-20(10-11)14(9-19)12-4-3-5-13(8-12)15(16,17)18/h3-5,8,11,14H,2,6-7,9-10,19H2,1H3. The lowest BCUT2D eigenvalue weighted by Crippen LogP contribution is -2.32. The minimum atomic E-state index is -4.30. The van der Waals surface area contributed by atoms with Gasteiger partial charge >= 0.3 is 6.18 Å². The van der Waals surface area contributed by atoms with Gasteiger partial charge in [0.2, 0.25) is 0 Å². The normalized spacial score (nSPS) is 22.1. The molecule has 2 nitrogen and oxygen atoms in total. The molecule has 2 rings (SSSR count). The number of nitrogens with zero attached hydrogens (tertiary/aromatic N) is 1. The Morgan fingerprint density at radius 3 is 2.70 bits per heavy atom. The third-order valence-corrected chi connectivity index (χ3v) is 4.16. The third-order valence-electron chi connectivity index (χ3n) is 4.16. The summed E-state index contributed by atoms with van der Waals surface area (Å²) >= 11 is 0. The number of likely N-dealkylation sites (tertiary alicyclic amines) is 1. The lowest BCUT2D eigenvalue weighted by atomic mass is 10.0.